The van der Waals surface area contributed by atoms with Gasteiger partial charge in [-0.2, -0.15) is 11.8 Å². The van der Waals surface area contributed by atoms with E-state index >= 15 is 0 Å². The van der Waals surface area contributed by atoms with Crippen LogP contribution in [0.5, 0.6) is 0 Å². The number of amides is 2. The van der Waals surface area contributed by atoms with Crippen molar-refractivity contribution in [2.75, 3.05) is 12.0 Å². The summed E-state index contributed by atoms with van der Waals surface area (Å²) in [4.78, 5) is 23.1. The van der Waals surface area contributed by atoms with Gasteiger partial charge < -0.3 is 15.7 Å². The van der Waals surface area contributed by atoms with Gasteiger partial charge in [0.05, 0.1) is 5.92 Å². The number of carbonyl (C=O) groups excluding carboxylic acids is 1. The maximum Gasteiger partial charge on any atom is 0.315 e. The molecule has 1 rings (SSSR count). The molecule has 3 unspecified atom stereocenters. The molecule has 1 aliphatic rings. The zero-order valence-corrected chi connectivity index (χ0v) is 12.5. The Hall–Kier alpha value is -0.910. The third-order valence-corrected chi connectivity index (χ3v) is 4.33. The van der Waals surface area contributed by atoms with Crippen LogP contribution in [0.2, 0.25) is 0 Å². The molecule has 1 saturated carbocycles. The minimum absolute atomic E-state index is 0.141. The zero-order valence-electron chi connectivity index (χ0n) is 11.6. The maximum atomic E-state index is 11.9. The van der Waals surface area contributed by atoms with E-state index in [-0.39, 0.29) is 18.1 Å². The minimum atomic E-state index is -0.804. The molecule has 19 heavy (non-hydrogen) atoms. The van der Waals surface area contributed by atoms with Crippen molar-refractivity contribution in [2.24, 2.45) is 5.92 Å². The topological polar surface area (TPSA) is 78.4 Å². The molecular weight excluding hydrogens is 264 g/mol. The van der Waals surface area contributed by atoms with E-state index in [4.69, 9.17) is 5.11 Å². The highest BCUT2D eigenvalue weighted by molar-refractivity contribution is 7.98. The van der Waals surface area contributed by atoms with Crippen molar-refractivity contribution in [3.63, 3.8) is 0 Å². The lowest BCUT2D eigenvalue weighted by Crippen LogP contribution is -2.51. The molecule has 0 bridgehead atoms. The van der Waals surface area contributed by atoms with Crippen LogP contribution in [0, 0.1) is 5.92 Å². The van der Waals surface area contributed by atoms with Crippen LogP contribution in [0.15, 0.2) is 0 Å². The van der Waals surface area contributed by atoms with Crippen molar-refractivity contribution >= 4 is 23.8 Å². The standard InChI is InChI=1S/C13H24N2O3S/c1-3-9(8-19-2)14-13(18)15-11-7-5-4-6-10(11)12(16)17/h9-11H,3-8H2,1-2H3,(H,16,17)(H2,14,15,18). The van der Waals surface area contributed by atoms with Gasteiger partial charge in [-0.25, -0.2) is 4.79 Å². The molecule has 3 atom stereocenters. The van der Waals surface area contributed by atoms with E-state index < -0.39 is 11.9 Å². The summed E-state index contributed by atoms with van der Waals surface area (Å²) < 4.78 is 0. The van der Waals surface area contributed by atoms with Gasteiger partial charge in [0.25, 0.3) is 0 Å². The van der Waals surface area contributed by atoms with E-state index in [1.807, 2.05) is 13.2 Å². The van der Waals surface area contributed by atoms with E-state index in [1.54, 1.807) is 11.8 Å². The largest absolute Gasteiger partial charge is 0.481 e. The quantitative estimate of drug-likeness (QED) is 0.699. The first-order chi connectivity index (χ1) is 9.08. The number of hydrogen-bond acceptors (Lipinski definition) is 3. The predicted molar refractivity (Wildman–Crippen MR) is 77.5 cm³/mol. The Morgan fingerprint density at radius 3 is 2.63 bits per heavy atom. The van der Waals surface area contributed by atoms with Gasteiger partial charge >= 0.3 is 12.0 Å². The number of aliphatic carboxylic acids is 1. The second-order valence-corrected chi connectivity index (χ2v) is 5.92. The molecule has 0 aromatic rings. The summed E-state index contributed by atoms with van der Waals surface area (Å²) in [6, 6.07) is -0.334. The summed E-state index contributed by atoms with van der Waals surface area (Å²) in [5.41, 5.74) is 0. The Morgan fingerprint density at radius 2 is 2.05 bits per heavy atom. The van der Waals surface area contributed by atoms with Crippen LogP contribution in [0.4, 0.5) is 4.79 Å². The molecule has 1 fully saturated rings. The molecule has 0 saturated heterocycles. The van der Waals surface area contributed by atoms with Crippen molar-refractivity contribution < 1.29 is 14.7 Å². The molecule has 0 heterocycles. The van der Waals surface area contributed by atoms with Gasteiger partial charge in [0.2, 0.25) is 0 Å². The summed E-state index contributed by atoms with van der Waals surface area (Å²) in [6.45, 7) is 2.03. The number of hydrogen-bond donors (Lipinski definition) is 3. The second-order valence-electron chi connectivity index (χ2n) is 5.01. The molecule has 0 aromatic heterocycles. The van der Waals surface area contributed by atoms with Gasteiger partial charge in [0.15, 0.2) is 0 Å². The first kappa shape index (κ1) is 16.1. The maximum absolute atomic E-state index is 11.9. The normalized spacial score (nSPS) is 24.5. The third-order valence-electron chi connectivity index (χ3n) is 3.60. The van der Waals surface area contributed by atoms with Gasteiger partial charge in [-0.05, 0) is 25.5 Å². The number of thioether (sulfide) groups is 1. The van der Waals surface area contributed by atoms with Crippen molar-refractivity contribution in [2.45, 2.75) is 51.1 Å². The molecule has 3 N–H and O–H groups in total. The fourth-order valence-electron chi connectivity index (χ4n) is 2.46. The summed E-state index contributed by atoms with van der Waals surface area (Å²) in [5.74, 6) is -0.377. The van der Waals surface area contributed by atoms with Crippen molar-refractivity contribution in [3.8, 4) is 0 Å². The Kier molecular flexibility index (Phi) is 7.05. The summed E-state index contributed by atoms with van der Waals surface area (Å²) in [5, 5.41) is 14.9. The van der Waals surface area contributed by atoms with Gasteiger partial charge in [-0.1, -0.05) is 19.8 Å². The number of carboxylic acids is 1. The Labute approximate surface area is 118 Å². The molecule has 0 aliphatic heterocycles. The molecule has 2 amide bonds. The summed E-state index contributed by atoms with van der Waals surface area (Å²) in [6.07, 6.45) is 6.20. The molecular formula is C13H24N2O3S. The SMILES string of the molecule is CCC(CSC)NC(=O)NC1CCCCC1C(=O)O. The number of carboxylic acid groups (broad SMARTS) is 1. The van der Waals surface area contributed by atoms with Gasteiger partial charge in [0, 0.05) is 17.8 Å². The second kappa shape index (κ2) is 8.30. The lowest BCUT2D eigenvalue weighted by atomic mass is 9.84. The number of rotatable bonds is 6. The Balaban J connectivity index is 2.47. The first-order valence-corrected chi connectivity index (χ1v) is 8.26. The van der Waals surface area contributed by atoms with Gasteiger partial charge in [0.1, 0.15) is 0 Å². The van der Waals surface area contributed by atoms with Crippen molar-refractivity contribution in [1.29, 1.82) is 0 Å². The highest BCUT2D eigenvalue weighted by Gasteiger charge is 2.31. The molecule has 1 aliphatic carbocycles. The summed E-state index contributed by atoms with van der Waals surface area (Å²) >= 11 is 1.69. The summed E-state index contributed by atoms with van der Waals surface area (Å²) in [7, 11) is 0. The van der Waals surface area contributed by atoms with Crippen LogP contribution in [0.1, 0.15) is 39.0 Å². The van der Waals surface area contributed by atoms with E-state index in [0.717, 1.165) is 31.4 Å². The average molecular weight is 288 g/mol. The minimum Gasteiger partial charge on any atom is -0.481 e. The molecule has 0 radical (unpaired) electrons. The monoisotopic (exact) mass is 288 g/mol. The first-order valence-electron chi connectivity index (χ1n) is 6.87. The molecule has 5 nitrogen and oxygen atoms in total. The van der Waals surface area contributed by atoms with Gasteiger partial charge in [-0.3, -0.25) is 4.79 Å². The average Bonchev–Trinajstić information content (AvgIpc) is 2.38. The van der Waals surface area contributed by atoms with Crippen molar-refractivity contribution in [3.05, 3.63) is 0 Å². The van der Waals surface area contributed by atoms with E-state index in [9.17, 15) is 9.59 Å². The fourth-order valence-corrected chi connectivity index (χ4v) is 3.18. The highest BCUT2D eigenvalue weighted by Crippen LogP contribution is 2.24. The van der Waals surface area contributed by atoms with E-state index in [2.05, 4.69) is 10.6 Å². The Morgan fingerprint density at radius 1 is 1.37 bits per heavy atom. The number of nitrogens with one attached hydrogen (secondary N) is 2. The van der Waals surface area contributed by atoms with E-state index in [0.29, 0.717) is 6.42 Å². The third kappa shape index (κ3) is 5.30. The fraction of sp³-hybridized carbons (Fsp3) is 0.846. The molecule has 0 aromatic carbocycles. The smallest absolute Gasteiger partial charge is 0.315 e. The number of urea groups is 1. The molecule has 0 spiro atoms. The van der Waals surface area contributed by atoms with Crippen LogP contribution in [0.3, 0.4) is 0 Å². The molecule has 6 heteroatoms. The predicted octanol–water partition coefficient (Wildman–Crippen LogP) is 2.07. The molecule has 110 valence electrons. The van der Waals surface area contributed by atoms with Crippen LogP contribution >= 0.6 is 11.8 Å². The lowest BCUT2D eigenvalue weighted by molar-refractivity contribution is -0.143. The van der Waals surface area contributed by atoms with Crippen LogP contribution < -0.4 is 10.6 Å². The zero-order chi connectivity index (χ0) is 14.3. The van der Waals surface area contributed by atoms with E-state index in [1.165, 1.54) is 0 Å². The van der Waals surface area contributed by atoms with Crippen LogP contribution in [-0.4, -0.2) is 41.2 Å². The van der Waals surface area contributed by atoms with Gasteiger partial charge in [-0.15, -0.1) is 0 Å². The highest BCUT2D eigenvalue weighted by atomic mass is 32.2. The van der Waals surface area contributed by atoms with Crippen LogP contribution in [-0.2, 0) is 4.79 Å². The Bertz CT molecular complexity index is 312. The van der Waals surface area contributed by atoms with Crippen LogP contribution in [0.25, 0.3) is 0 Å². The van der Waals surface area contributed by atoms with Crippen molar-refractivity contribution in [1.82, 2.24) is 10.6 Å². The lowest BCUT2D eigenvalue weighted by Gasteiger charge is -2.30. The number of carbonyl (C=O) groups is 2.